The molecule has 108 valence electrons. The molecule has 0 aromatic rings. The fraction of sp³-hybridized carbons (Fsp3) is 0.643. The number of allylic oxidation sites excluding steroid dienone is 2. The normalized spacial score (nSPS) is 17.2. The molecule has 0 unspecified atom stereocenters. The number of Topliss-reactive ketones (excluding diaryl/α,β-unsaturated/α-hetero) is 1. The van der Waals surface area contributed by atoms with E-state index in [1.54, 1.807) is 47.0 Å². The summed E-state index contributed by atoms with van der Waals surface area (Å²) in [5.74, 6) is 0.303. The Bertz CT molecular complexity index is 339. The standard InChI is InChI=1S/C14H22OS4/c1-16-13(17-2)10-8-6-5-7-9-11(12(10)15)14(18-3)19-4/h5-9H2,1-4H3. The summed E-state index contributed by atoms with van der Waals surface area (Å²) in [6.45, 7) is 0. The third-order valence-corrected chi connectivity index (χ3v) is 7.60. The van der Waals surface area contributed by atoms with Crippen LogP contribution in [0.3, 0.4) is 0 Å². The number of rotatable bonds is 4. The maximum Gasteiger partial charge on any atom is 0.188 e. The highest BCUT2D eigenvalue weighted by Crippen LogP contribution is 2.38. The Hall–Kier alpha value is 0.550. The summed E-state index contributed by atoms with van der Waals surface area (Å²) >= 11 is 6.84. The third-order valence-electron chi connectivity index (χ3n) is 3.14. The van der Waals surface area contributed by atoms with Gasteiger partial charge in [-0.2, -0.15) is 0 Å². The molecule has 1 aliphatic carbocycles. The number of carbonyl (C=O) groups excluding carboxylic acids is 1. The van der Waals surface area contributed by atoms with Crippen molar-refractivity contribution in [2.45, 2.75) is 32.1 Å². The number of ketones is 1. The molecule has 0 spiro atoms. The molecule has 0 saturated heterocycles. The molecule has 0 heterocycles. The summed E-state index contributed by atoms with van der Waals surface area (Å²) in [6.07, 6.45) is 13.7. The molecule has 0 radical (unpaired) electrons. The Morgan fingerprint density at radius 3 is 1.42 bits per heavy atom. The van der Waals surface area contributed by atoms with E-state index in [1.807, 2.05) is 0 Å². The molecule has 0 aromatic heterocycles. The third kappa shape index (κ3) is 4.80. The molecular weight excluding hydrogens is 312 g/mol. The van der Waals surface area contributed by atoms with Crippen LogP contribution in [-0.4, -0.2) is 30.8 Å². The summed E-state index contributed by atoms with van der Waals surface area (Å²) in [7, 11) is 0. The topological polar surface area (TPSA) is 17.1 Å². The minimum atomic E-state index is 0.303. The van der Waals surface area contributed by atoms with Crippen LogP contribution in [0.2, 0.25) is 0 Å². The lowest BCUT2D eigenvalue weighted by Gasteiger charge is -2.19. The van der Waals surface area contributed by atoms with Crippen LogP contribution in [0.5, 0.6) is 0 Å². The second-order valence-corrected chi connectivity index (χ2v) is 8.02. The maximum atomic E-state index is 12.8. The highest BCUT2D eigenvalue weighted by Gasteiger charge is 2.23. The first-order valence-corrected chi connectivity index (χ1v) is 11.3. The average molecular weight is 335 g/mol. The van der Waals surface area contributed by atoms with Gasteiger partial charge in [-0.25, -0.2) is 0 Å². The van der Waals surface area contributed by atoms with Crippen molar-refractivity contribution in [3.8, 4) is 0 Å². The van der Waals surface area contributed by atoms with Crippen molar-refractivity contribution in [2.24, 2.45) is 0 Å². The Morgan fingerprint density at radius 2 is 1.11 bits per heavy atom. The van der Waals surface area contributed by atoms with Gasteiger partial charge in [-0.3, -0.25) is 4.79 Å². The molecular formula is C14H22OS4. The van der Waals surface area contributed by atoms with E-state index in [4.69, 9.17) is 0 Å². The van der Waals surface area contributed by atoms with Crippen molar-refractivity contribution < 1.29 is 4.79 Å². The quantitative estimate of drug-likeness (QED) is 0.639. The lowest BCUT2D eigenvalue weighted by atomic mass is 9.93. The Labute approximate surface area is 134 Å². The van der Waals surface area contributed by atoms with Gasteiger partial charge in [-0.15, -0.1) is 47.0 Å². The van der Waals surface area contributed by atoms with Gasteiger partial charge in [-0.1, -0.05) is 6.42 Å². The monoisotopic (exact) mass is 334 g/mol. The van der Waals surface area contributed by atoms with Gasteiger partial charge in [0.05, 0.1) is 0 Å². The number of hydrogen-bond acceptors (Lipinski definition) is 5. The van der Waals surface area contributed by atoms with Gasteiger partial charge in [0.25, 0.3) is 0 Å². The van der Waals surface area contributed by atoms with E-state index in [2.05, 4.69) is 25.0 Å². The fourth-order valence-corrected chi connectivity index (χ4v) is 5.34. The lowest BCUT2D eigenvalue weighted by molar-refractivity contribution is -0.112. The van der Waals surface area contributed by atoms with E-state index >= 15 is 0 Å². The van der Waals surface area contributed by atoms with E-state index in [1.165, 1.54) is 14.9 Å². The Morgan fingerprint density at radius 1 is 0.737 bits per heavy atom. The van der Waals surface area contributed by atoms with Crippen LogP contribution >= 0.6 is 47.0 Å². The summed E-state index contributed by atoms with van der Waals surface area (Å²) < 4.78 is 2.40. The first-order chi connectivity index (χ1) is 9.19. The zero-order valence-corrected chi connectivity index (χ0v) is 15.3. The molecule has 1 aliphatic rings. The molecule has 0 N–H and O–H groups in total. The van der Waals surface area contributed by atoms with Crippen molar-refractivity contribution in [3.63, 3.8) is 0 Å². The fourth-order valence-electron chi connectivity index (χ4n) is 2.24. The lowest BCUT2D eigenvalue weighted by Crippen LogP contribution is -2.12. The number of thioether (sulfide) groups is 4. The molecule has 0 amide bonds. The first-order valence-electron chi connectivity index (χ1n) is 6.36. The zero-order valence-electron chi connectivity index (χ0n) is 12.1. The summed E-state index contributed by atoms with van der Waals surface area (Å²) in [5, 5.41) is 0. The van der Waals surface area contributed by atoms with Crippen LogP contribution in [-0.2, 0) is 4.79 Å². The molecule has 5 heteroatoms. The summed E-state index contributed by atoms with van der Waals surface area (Å²) in [4.78, 5) is 12.8. The summed E-state index contributed by atoms with van der Waals surface area (Å²) in [5.41, 5.74) is 2.10. The van der Waals surface area contributed by atoms with Gasteiger partial charge in [0.1, 0.15) is 0 Å². The van der Waals surface area contributed by atoms with Crippen LogP contribution in [0.1, 0.15) is 32.1 Å². The predicted molar refractivity (Wildman–Crippen MR) is 96.2 cm³/mol. The smallest absolute Gasteiger partial charge is 0.188 e. The molecule has 19 heavy (non-hydrogen) atoms. The van der Waals surface area contributed by atoms with Crippen molar-refractivity contribution >= 4 is 52.8 Å². The van der Waals surface area contributed by atoms with Crippen LogP contribution in [0.4, 0.5) is 0 Å². The van der Waals surface area contributed by atoms with Gasteiger partial charge in [-0.05, 0) is 50.7 Å². The van der Waals surface area contributed by atoms with E-state index in [0.717, 1.165) is 36.8 Å². The number of hydrogen-bond donors (Lipinski definition) is 0. The Balaban J connectivity index is 3.22. The van der Waals surface area contributed by atoms with E-state index < -0.39 is 0 Å². The van der Waals surface area contributed by atoms with Crippen LogP contribution in [0.25, 0.3) is 0 Å². The van der Waals surface area contributed by atoms with E-state index in [9.17, 15) is 4.79 Å². The molecule has 0 atom stereocenters. The van der Waals surface area contributed by atoms with Crippen LogP contribution in [0.15, 0.2) is 19.6 Å². The van der Waals surface area contributed by atoms with Gasteiger partial charge >= 0.3 is 0 Å². The summed E-state index contributed by atoms with van der Waals surface area (Å²) in [6, 6.07) is 0. The molecule has 1 fully saturated rings. The van der Waals surface area contributed by atoms with Gasteiger partial charge < -0.3 is 0 Å². The van der Waals surface area contributed by atoms with Crippen molar-refractivity contribution in [1.82, 2.24) is 0 Å². The van der Waals surface area contributed by atoms with Crippen LogP contribution < -0.4 is 0 Å². The van der Waals surface area contributed by atoms with Gasteiger partial charge in [0, 0.05) is 19.6 Å². The second-order valence-electron chi connectivity index (χ2n) is 4.24. The molecule has 1 saturated carbocycles. The van der Waals surface area contributed by atoms with Crippen molar-refractivity contribution in [1.29, 1.82) is 0 Å². The minimum Gasteiger partial charge on any atom is -0.289 e. The predicted octanol–water partition coefficient (Wildman–Crippen LogP) is 5.39. The van der Waals surface area contributed by atoms with E-state index in [0.29, 0.717) is 5.78 Å². The molecule has 0 aromatic carbocycles. The average Bonchev–Trinajstić information content (AvgIpc) is 2.42. The maximum absolute atomic E-state index is 12.8. The molecule has 0 aliphatic heterocycles. The second kappa shape index (κ2) is 9.48. The molecule has 0 bridgehead atoms. The largest absolute Gasteiger partial charge is 0.289 e. The highest BCUT2D eigenvalue weighted by atomic mass is 32.2. The molecule has 1 nitrogen and oxygen atoms in total. The highest BCUT2D eigenvalue weighted by molar-refractivity contribution is 8.22. The van der Waals surface area contributed by atoms with Gasteiger partial charge in [0.15, 0.2) is 5.78 Å². The number of carbonyl (C=O) groups is 1. The minimum absolute atomic E-state index is 0.303. The van der Waals surface area contributed by atoms with Crippen molar-refractivity contribution in [2.75, 3.05) is 25.0 Å². The molecule has 1 rings (SSSR count). The van der Waals surface area contributed by atoms with Crippen LogP contribution in [0, 0.1) is 0 Å². The zero-order chi connectivity index (χ0) is 14.3. The Kier molecular flexibility index (Phi) is 8.78. The van der Waals surface area contributed by atoms with E-state index in [-0.39, 0.29) is 0 Å². The first kappa shape index (κ1) is 17.6. The van der Waals surface area contributed by atoms with Crippen molar-refractivity contribution in [3.05, 3.63) is 19.6 Å². The SMILES string of the molecule is CSC(SC)=C1CCCCCC(=C(SC)SC)C1=O. The van der Waals surface area contributed by atoms with Gasteiger partial charge in [0.2, 0.25) is 0 Å².